The van der Waals surface area contributed by atoms with Gasteiger partial charge in [-0.15, -0.1) is 0 Å². The van der Waals surface area contributed by atoms with Crippen LogP contribution in [0.2, 0.25) is 0 Å². The van der Waals surface area contributed by atoms with E-state index < -0.39 is 0 Å². The molecule has 0 radical (unpaired) electrons. The maximum absolute atomic E-state index is 5.82. The summed E-state index contributed by atoms with van der Waals surface area (Å²) in [4.78, 5) is 0. The lowest BCUT2D eigenvalue weighted by Crippen LogP contribution is -2.17. The first-order valence-corrected chi connectivity index (χ1v) is 4.97. The molecule has 1 atom stereocenters. The number of hydrogen-bond acceptors (Lipinski definition) is 1. The van der Waals surface area contributed by atoms with Gasteiger partial charge in [0.05, 0.1) is 0 Å². The van der Waals surface area contributed by atoms with Gasteiger partial charge in [0, 0.05) is 30.2 Å². The molecule has 2 aromatic rings. The molecule has 0 spiro atoms. The van der Waals surface area contributed by atoms with Crippen molar-refractivity contribution in [2.45, 2.75) is 19.4 Å². The molecule has 0 fully saturated rings. The van der Waals surface area contributed by atoms with Gasteiger partial charge in [-0.25, -0.2) is 0 Å². The molecule has 0 aliphatic rings. The first-order chi connectivity index (χ1) is 6.68. The summed E-state index contributed by atoms with van der Waals surface area (Å²) in [6.45, 7) is 2.04. The molecule has 1 heterocycles. The number of fused-ring (bicyclic) bond motifs is 1. The molecule has 74 valence electrons. The lowest BCUT2D eigenvalue weighted by molar-refractivity contribution is 0.741. The van der Waals surface area contributed by atoms with Crippen molar-refractivity contribution < 1.29 is 0 Å². The highest BCUT2D eigenvalue weighted by molar-refractivity contribution is 5.83. The quantitative estimate of drug-likeness (QED) is 0.768. The number of hydrogen-bond donors (Lipinski definition) is 1. The topological polar surface area (TPSA) is 30.9 Å². The van der Waals surface area contributed by atoms with E-state index in [0.29, 0.717) is 0 Å². The Kier molecular flexibility index (Phi) is 2.30. The van der Waals surface area contributed by atoms with E-state index in [1.165, 1.54) is 16.5 Å². The second-order valence-corrected chi connectivity index (χ2v) is 3.96. The van der Waals surface area contributed by atoms with E-state index in [1.54, 1.807) is 0 Å². The predicted molar refractivity (Wildman–Crippen MR) is 60.3 cm³/mol. The highest BCUT2D eigenvalue weighted by atomic mass is 14.9. The second-order valence-electron chi connectivity index (χ2n) is 3.96. The third kappa shape index (κ3) is 1.53. The van der Waals surface area contributed by atoms with Crippen molar-refractivity contribution in [1.82, 2.24) is 4.57 Å². The Hall–Kier alpha value is -1.28. The van der Waals surface area contributed by atoms with Gasteiger partial charge in [0.15, 0.2) is 0 Å². The molecule has 0 bridgehead atoms. The average Bonchev–Trinajstić information content (AvgIpc) is 2.49. The van der Waals surface area contributed by atoms with Crippen molar-refractivity contribution in [3.8, 4) is 0 Å². The van der Waals surface area contributed by atoms with Gasteiger partial charge in [-0.2, -0.15) is 0 Å². The van der Waals surface area contributed by atoms with Gasteiger partial charge >= 0.3 is 0 Å². The molecule has 0 saturated carbocycles. The molecular formula is C12H16N2. The van der Waals surface area contributed by atoms with Gasteiger partial charge in [-0.05, 0) is 31.0 Å². The first-order valence-electron chi connectivity index (χ1n) is 4.97. The largest absolute Gasteiger partial charge is 0.351 e. The second kappa shape index (κ2) is 3.46. The molecule has 1 unspecified atom stereocenters. The standard InChI is InChI=1S/C12H16N2/c1-9(13)8-10-4-3-5-12-11(10)6-7-14(12)2/h3-7,9H,8,13H2,1-2H3. The van der Waals surface area contributed by atoms with Crippen LogP contribution in [0, 0.1) is 0 Å². The van der Waals surface area contributed by atoms with Crippen LogP contribution in [0.15, 0.2) is 30.5 Å². The summed E-state index contributed by atoms with van der Waals surface area (Å²) in [6, 6.07) is 8.78. The zero-order valence-electron chi connectivity index (χ0n) is 8.70. The molecule has 2 heteroatoms. The van der Waals surface area contributed by atoms with Gasteiger partial charge in [0.2, 0.25) is 0 Å². The minimum atomic E-state index is 0.223. The van der Waals surface area contributed by atoms with Gasteiger partial charge in [0.25, 0.3) is 0 Å². The Balaban J connectivity index is 2.54. The normalized spacial score (nSPS) is 13.4. The monoisotopic (exact) mass is 188 g/mol. The predicted octanol–water partition coefficient (Wildman–Crippen LogP) is 2.07. The summed E-state index contributed by atoms with van der Waals surface area (Å²) < 4.78 is 2.14. The lowest BCUT2D eigenvalue weighted by atomic mass is 10.0. The summed E-state index contributed by atoms with van der Waals surface area (Å²) in [5, 5.41) is 1.33. The smallest absolute Gasteiger partial charge is 0.0480 e. The molecule has 1 aromatic carbocycles. The van der Waals surface area contributed by atoms with Gasteiger partial charge in [-0.3, -0.25) is 0 Å². The minimum absolute atomic E-state index is 0.223. The fourth-order valence-corrected chi connectivity index (χ4v) is 1.89. The molecule has 1 aromatic heterocycles. The van der Waals surface area contributed by atoms with Gasteiger partial charge in [-0.1, -0.05) is 12.1 Å². The highest BCUT2D eigenvalue weighted by Gasteiger charge is 2.04. The van der Waals surface area contributed by atoms with E-state index in [9.17, 15) is 0 Å². The van der Waals surface area contributed by atoms with E-state index in [0.717, 1.165) is 6.42 Å². The third-order valence-corrected chi connectivity index (χ3v) is 2.56. The van der Waals surface area contributed by atoms with E-state index in [1.807, 2.05) is 6.92 Å². The van der Waals surface area contributed by atoms with Gasteiger partial charge in [0.1, 0.15) is 0 Å². The fourth-order valence-electron chi connectivity index (χ4n) is 1.89. The van der Waals surface area contributed by atoms with Crippen LogP contribution < -0.4 is 5.73 Å². The van der Waals surface area contributed by atoms with E-state index in [4.69, 9.17) is 5.73 Å². The SMILES string of the molecule is CC(N)Cc1cccc2c1ccn2C. The molecule has 0 aliphatic heterocycles. The first kappa shape index (κ1) is 9.28. The molecule has 2 nitrogen and oxygen atoms in total. The van der Waals surface area contributed by atoms with Crippen molar-refractivity contribution in [2.75, 3.05) is 0 Å². The van der Waals surface area contributed by atoms with Crippen LogP contribution in [0.1, 0.15) is 12.5 Å². The zero-order chi connectivity index (χ0) is 10.1. The van der Waals surface area contributed by atoms with Crippen molar-refractivity contribution in [3.05, 3.63) is 36.0 Å². The Morgan fingerprint density at radius 1 is 1.36 bits per heavy atom. The number of rotatable bonds is 2. The highest BCUT2D eigenvalue weighted by Crippen LogP contribution is 2.20. The number of benzene rings is 1. The maximum Gasteiger partial charge on any atom is 0.0480 e. The molecule has 2 rings (SSSR count). The summed E-state index contributed by atoms with van der Waals surface area (Å²) in [5.41, 5.74) is 8.44. The molecular weight excluding hydrogens is 172 g/mol. The van der Waals surface area contributed by atoms with Crippen LogP contribution in [0.3, 0.4) is 0 Å². The Bertz CT molecular complexity index is 441. The van der Waals surface area contributed by atoms with Crippen LogP contribution in [0.5, 0.6) is 0 Å². The summed E-state index contributed by atoms with van der Waals surface area (Å²) >= 11 is 0. The van der Waals surface area contributed by atoms with Crippen molar-refractivity contribution in [1.29, 1.82) is 0 Å². The Morgan fingerprint density at radius 2 is 2.14 bits per heavy atom. The molecule has 14 heavy (non-hydrogen) atoms. The van der Waals surface area contributed by atoms with Crippen molar-refractivity contribution in [3.63, 3.8) is 0 Å². The van der Waals surface area contributed by atoms with Crippen LogP contribution in [0.4, 0.5) is 0 Å². The van der Waals surface area contributed by atoms with E-state index >= 15 is 0 Å². The van der Waals surface area contributed by atoms with E-state index in [-0.39, 0.29) is 6.04 Å². The maximum atomic E-state index is 5.82. The molecule has 0 aliphatic carbocycles. The molecule has 0 amide bonds. The van der Waals surface area contributed by atoms with Gasteiger partial charge < -0.3 is 10.3 Å². The number of aryl methyl sites for hydroxylation is 1. The third-order valence-electron chi connectivity index (χ3n) is 2.56. The Labute approximate surface area is 84.3 Å². The molecule has 2 N–H and O–H groups in total. The fraction of sp³-hybridized carbons (Fsp3) is 0.333. The summed E-state index contributed by atoms with van der Waals surface area (Å²) in [7, 11) is 2.07. The number of aromatic nitrogens is 1. The molecule has 0 saturated heterocycles. The van der Waals surface area contributed by atoms with Crippen molar-refractivity contribution >= 4 is 10.9 Å². The summed E-state index contributed by atoms with van der Waals surface area (Å²) in [5.74, 6) is 0. The minimum Gasteiger partial charge on any atom is -0.351 e. The van der Waals surface area contributed by atoms with Crippen LogP contribution >= 0.6 is 0 Å². The number of nitrogens with two attached hydrogens (primary N) is 1. The van der Waals surface area contributed by atoms with E-state index in [2.05, 4.69) is 42.1 Å². The average molecular weight is 188 g/mol. The number of nitrogens with zero attached hydrogens (tertiary/aromatic N) is 1. The Morgan fingerprint density at radius 3 is 2.86 bits per heavy atom. The zero-order valence-corrected chi connectivity index (χ0v) is 8.70. The lowest BCUT2D eigenvalue weighted by Gasteiger charge is -2.06. The van der Waals surface area contributed by atoms with Crippen LogP contribution in [0.25, 0.3) is 10.9 Å². The van der Waals surface area contributed by atoms with Crippen molar-refractivity contribution in [2.24, 2.45) is 12.8 Å². The van der Waals surface area contributed by atoms with Crippen LogP contribution in [-0.2, 0) is 13.5 Å². The summed E-state index contributed by atoms with van der Waals surface area (Å²) in [6.07, 6.45) is 3.04. The van der Waals surface area contributed by atoms with Crippen LogP contribution in [-0.4, -0.2) is 10.6 Å².